The smallest absolute Gasteiger partial charge is 0.188 e. The molecule has 0 amide bonds. The minimum Gasteiger partial charge on any atom is -0.467 e. The molecule has 0 radical (unpaired) electrons. The number of methoxy groups -OCH3 is 1. The van der Waals surface area contributed by atoms with E-state index in [9.17, 15) is 0 Å². The summed E-state index contributed by atoms with van der Waals surface area (Å²) in [5.41, 5.74) is 0. The van der Waals surface area contributed by atoms with Crippen LogP contribution in [0.25, 0.3) is 10.8 Å². The molecule has 0 aliphatic heterocycles. The van der Waals surface area contributed by atoms with E-state index in [4.69, 9.17) is 9.47 Å². The van der Waals surface area contributed by atoms with Crippen LogP contribution in [0.3, 0.4) is 0 Å². The molecule has 0 bridgehead atoms. The highest BCUT2D eigenvalue weighted by molar-refractivity contribution is 9.10. The fourth-order valence-electron chi connectivity index (χ4n) is 1.48. The summed E-state index contributed by atoms with van der Waals surface area (Å²) in [7, 11) is 1.61. The quantitative estimate of drug-likeness (QED) is 0.791. The van der Waals surface area contributed by atoms with Crippen molar-refractivity contribution >= 4 is 26.7 Å². The summed E-state index contributed by atoms with van der Waals surface area (Å²) in [6, 6.07) is 12.1. The minimum absolute atomic E-state index is 0.264. The number of hydrogen-bond acceptors (Lipinski definition) is 2. The number of ether oxygens (including phenoxy) is 2. The van der Waals surface area contributed by atoms with Crippen molar-refractivity contribution in [1.29, 1.82) is 0 Å². The lowest BCUT2D eigenvalue weighted by molar-refractivity contribution is 0.0522. The summed E-state index contributed by atoms with van der Waals surface area (Å²) in [5, 5.41) is 2.25. The molecule has 0 saturated heterocycles. The van der Waals surface area contributed by atoms with Crippen molar-refractivity contribution in [1.82, 2.24) is 0 Å². The Labute approximate surface area is 96.9 Å². The number of fused-ring (bicyclic) bond motifs is 1. The van der Waals surface area contributed by atoms with Gasteiger partial charge in [-0.3, -0.25) is 0 Å². The van der Waals surface area contributed by atoms with E-state index in [1.165, 1.54) is 0 Å². The zero-order valence-corrected chi connectivity index (χ0v) is 9.95. The average Bonchev–Trinajstić information content (AvgIpc) is 2.25. The van der Waals surface area contributed by atoms with Crippen molar-refractivity contribution in [3.8, 4) is 5.75 Å². The largest absolute Gasteiger partial charge is 0.467 e. The Bertz CT molecular complexity index is 468. The maximum Gasteiger partial charge on any atom is 0.188 e. The second-order valence-electron chi connectivity index (χ2n) is 3.18. The first kappa shape index (κ1) is 10.5. The molecule has 0 atom stereocenters. The number of hydrogen-bond donors (Lipinski definition) is 0. The molecule has 0 N–H and O–H groups in total. The molecular weight excluding hydrogens is 256 g/mol. The van der Waals surface area contributed by atoms with Crippen LogP contribution in [0.15, 0.2) is 40.9 Å². The predicted molar refractivity (Wildman–Crippen MR) is 64.2 cm³/mol. The normalized spacial score (nSPS) is 10.5. The fraction of sp³-hybridized carbons (Fsp3) is 0.167. The van der Waals surface area contributed by atoms with Crippen molar-refractivity contribution in [3.05, 3.63) is 40.9 Å². The summed E-state index contributed by atoms with van der Waals surface area (Å²) in [6.07, 6.45) is 0. The molecule has 0 unspecified atom stereocenters. The van der Waals surface area contributed by atoms with E-state index < -0.39 is 0 Å². The SMILES string of the molecule is COCOc1cc(Br)cc2ccccc12. The van der Waals surface area contributed by atoms with Crippen LogP contribution in [-0.2, 0) is 4.74 Å². The Morgan fingerprint density at radius 3 is 2.80 bits per heavy atom. The molecule has 0 aliphatic rings. The Morgan fingerprint density at radius 1 is 1.20 bits per heavy atom. The maximum absolute atomic E-state index is 5.50. The number of rotatable bonds is 3. The van der Waals surface area contributed by atoms with Crippen molar-refractivity contribution in [2.45, 2.75) is 0 Å². The van der Waals surface area contributed by atoms with Crippen molar-refractivity contribution in [2.24, 2.45) is 0 Å². The first-order valence-electron chi connectivity index (χ1n) is 4.61. The van der Waals surface area contributed by atoms with Crippen LogP contribution in [0.1, 0.15) is 0 Å². The van der Waals surface area contributed by atoms with Crippen LogP contribution in [0, 0.1) is 0 Å². The maximum atomic E-state index is 5.50. The summed E-state index contributed by atoms with van der Waals surface area (Å²) < 4.78 is 11.4. The summed E-state index contributed by atoms with van der Waals surface area (Å²) in [5.74, 6) is 0.835. The first-order valence-corrected chi connectivity index (χ1v) is 5.40. The highest BCUT2D eigenvalue weighted by Gasteiger charge is 2.03. The van der Waals surface area contributed by atoms with Gasteiger partial charge in [0.1, 0.15) is 5.75 Å². The molecule has 0 saturated carbocycles. The van der Waals surface area contributed by atoms with Gasteiger partial charge in [-0.25, -0.2) is 0 Å². The Kier molecular flexibility index (Phi) is 3.23. The van der Waals surface area contributed by atoms with Gasteiger partial charge in [-0.2, -0.15) is 0 Å². The summed E-state index contributed by atoms with van der Waals surface area (Å²) in [6.45, 7) is 0.264. The molecule has 0 aliphatic carbocycles. The van der Waals surface area contributed by atoms with Crippen LogP contribution in [-0.4, -0.2) is 13.9 Å². The van der Waals surface area contributed by atoms with Crippen LogP contribution in [0.5, 0.6) is 5.75 Å². The van der Waals surface area contributed by atoms with Crippen LogP contribution in [0.4, 0.5) is 0 Å². The molecule has 78 valence electrons. The molecule has 15 heavy (non-hydrogen) atoms. The molecule has 0 spiro atoms. The number of halogens is 1. The second-order valence-corrected chi connectivity index (χ2v) is 4.09. The lowest BCUT2D eigenvalue weighted by Gasteiger charge is -2.08. The highest BCUT2D eigenvalue weighted by atomic mass is 79.9. The second kappa shape index (κ2) is 4.64. The van der Waals surface area contributed by atoms with Gasteiger partial charge in [0.25, 0.3) is 0 Å². The third-order valence-electron chi connectivity index (χ3n) is 2.12. The Hall–Kier alpha value is -1.06. The molecule has 0 aromatic heterocycles. The monoisotopic (exact) mass is 266 g/mol. The first-order chi connectivity index (χ1) is 7.31. The summed E-state index contributed by atoms with van der Waals surface area (Å²) >= 11 is 3.45. The molecule has 2 nitrogen and oxygen atoms in total. The van der Waals surface area contributed by atoms with Gasteiger partial charge in [-0.1, -0.05) is 40.2 Å². The van der Waals surface area contributed by atoms with E-state index >= 15 is 0 Å². The van der Waals surface area contributed by atoms with Crippen LogP contribution >= 0.6 is 15.9 Å². The van der Waals surface area contributed by atoms with E-state index in [1.807, 2.05) is 24.3 Å². The summed E-state index contributed by atoms with van der Waals surface area (Å²) in [4.78, 5) is 0. The molecular formula is C12H11BrO2. The van der Waals surface area contributed by atoms with Gasteiger partial charge in [-0.15, -0.1) is 0 Å². The van der Waals surface area contributed by atoms with Gasteiger partial charge in [0.15, 0.2) is 6.79 Å². The van der Waals surface area contributed by atoms with Crippen molar-refractivity contribution in [2.75, 3.05) is 13.9 Å². The zero-order chi connectivity index (χ0) is 10.7. The van der Waals surface area contributed by atoms with E-state index in [-0.39, 0.29) is 6.79 Å². The van der Waals surface area contributed by atoms with E-state index in [2.05, 4.69) is 28.1 Å². The van der Waals surface area contributed by atoms with Crippen molar-refractivity contribution in [3.63, 3.8) is 0 Å². The van der Waals surface area contributed by atoms with Gasteiger partial charge in [0.2, 0.25) is 0 Å². The molecule has 2 aromatic rings. The Morgan fingerprint density at radius 2 is 2.00 bits per heavy atom. The molecule has 2 rings (SSSR count). The van der Waals surface area contributed by atoms with Crippen LogP contribution in [0.2, 0.25) is 0 Å². The van der Waals surface area contributed by atoms with Gasteiger partial charge in [0.05, 0.1) is 0 Å². The minimum atomic E-state index is 0.264. The van der Waals surface area contributed by atoms with Gasteiger partial charge in [-0.05, 0) is 17.5 Å². The Balaban J connectivity index is 2.50. The third kappa shape index (κ3) is 2.30. The zero-order valence-electron chi connectivity index (χ0n) is 8.37. The van der Waals surface area contributed by atoms with Gasteiger partial charge in [0, 0.05) is 17.0 Å². The molecule has 0 heterocycles. The van der Waals surface area contributed by atoms with E-state index in [0.717, 1.165) is 21.0 Å². The number of benzene rings is 2. The molecule has 2 aromatic carbocycles. The van der Waals surface area contributed by atoms with Crippen LogP contribution < -0.4 is 4.74 Å². The van der Waals surface area contributed by atoms with E-state index in [1.54, 1.807) is 7.11 Å². The highest BCUT2D eigenvalue weighted by Crippen LogP contribution is 2.29. The average molecular weight is 267 g/mol. The van der Waals surface area contributed by atoms with Gasteiger partial charge < -0.3 is 9.47 Å². The molecule has 0 fully saturated rings. The van der Waals surface area contributed by atoms with Crippen molar-refractivity contribution < 1.29 is 9.47 Å². The lowest BCUT2D eigenvalue weighted by atomic mass is 10.1. The molecule has 3 heteroatoms. The lowest BCUT2D eigenvalue weighted by Crippen LogP contribution is -1.99. The predicted octanol–water partition coefficient (Wildman–Crippen LogP) is 3.59. The fourth-order valence-corrected chi connectivity index (χ4v) is 1.94. The standard InChI is InChI=1S/C12H11BrO2/c1-14-8-15-12-7-10(13)6-9-4-2-3-5-11(9)12/h2-7H,8H2,1H3. The topological polar surface area (TPSA) is 18.5 Å². The van der Waals surface area contributed by atoms with Gasteiger partial charge >= 0.3 is 0 Å². The van der Waals surface area contributed by atoms with E-state index in [0.29, 0.717) is 0 Å². The third-order valence-corrected chi connectivity index (χ3v) is 2.58.